The van der Waals surface area contributed by atoms with Gasteiger partial charge in [-0.1, -0.05) is 15.9 Å². The smallest absolute Gasteiger partial charge is 0.308 e. The fourth-order valence-electron chi connectivity index (χ4n) is 3.56. The van der Waals surface area contributed by atoms with E-state index in [9.17, 15) is 14.7 Å². The van der Waals surface area contributed by atoms with Crippen molar-refractivity contribution in [3.63, 3.8) is 0 Å². The lowest BCUT2D eigenvalue weighted by molar-refractivity contribution is -0.142. The summed E-state index contributed by atoms with van der Waals surface area (Å²) in [6.07, 6.45) is 2.48. The molecule has 5 nitrogen and oxygen atoms in total. The molecule has 106 valence electrons. The fraction of sp³-hybridized carbons (Fsp3) is 0.429. The van der Waals surface area contributed by atoms with Gasteiger partial charge in [0.1, 0.15) is 0 Å². The summed E-state index contributed by atoms with van der Waals surface area (Å²) in [5.41, 5.74) is 6.66. The predicted molar refractivity (Wildman–Crippen MR) is 77.7 cm³/mol. The molecule has 3 unspecified atom stereocenters. The zero-order valence-electron chi connectivity index (χ0n) is 10.8. The molecule has 0 saturated carbocycles. The number of nitrogens with zero attached hydrogens (tertiary/aromatic N) is 1. The molecular weight excluding hydrogens is 324 g/mol. The largest absolute Gasteiger partial charge is 0.481 e. The van der Waals surface area contributed by atoms with Crippen molar-refractivity contribution in [1.29, 1.82) is 0 Å². The first-order valence-electron chi connectivity index (χ1n) is 6.59. The van der Waals surface area contributed by atoms with Gasteiger partial charge in [-0.2, -0.15) is 0 Å². The molecular formula is C14H15BrN2O3. The topological polar surface area (TPSA) is 83.6 Å². The van der Waals surface area contributed by atoms with Crippen molar-refractivity contribution in [2.24, 2.45) is 11.7 Å². The van der Waals surface area contributed by atoms with Crippen LogP contribution in [0.4, 0.5) is 5.69 Å². The van der Waals surface area contributed by atoms with Crippen molar-refractivity contribution in [2.75, 3.05) is 4.90 Å². The van der Waals surface area contributed by atoms with Gasteiger partial charge < -0.3 is 15.7 Å². The first-order valence-corrected chi connectivity index (χ1v) is 7.39. The summed E-state index contributed by atoms with van der Waals surface area (Å²) in [4.78, 5) is 25.0. The number of rotatable bonds is 3. The highest BCUT2D eigenvalue weighted by Gasteiger charge is 2.49. The van der Waals surface area contributed by atoms with Crippen LogP contribution < -0.4 is 10.6 Å². The molecule has 0 radical (unpaired) electrons. The molecule has 1 aromatic rings. The summed E-state index contributed by atoms with van der Waals surface area (Å²) in [7, 11) is 0. The minimum absolute atomic E-state index is 0.0308. The first kappa shape index (κ1) is 13.4. The number of benzene rings is 1. The average molecular weight is 339 g/mol. The lowest BCUT2D eigenvalue weighted by Gasteiger charge is -2.27. The normalized spacial score (nSPS) is 27.9. The van der Waals surface area contributed by atoms with Crippen LogP contribution >= 0.6 is 15.9 Å². The van der Waals surface area contributed by atoms with E-state index < -0.39 is 11.9 Å². The molecule has 0 aliphatic carbocycles. The fourth-order valence-corrected chi connectivity index (χ4v) is 3.92. The predicted octanol–water partition coefficient (Wildman–Crippen LogP) is 1.99. The first-order chi connectivity index (χ1) is 9.49. The highest BCUT2D eigenvalue weighted by molar-refractivity contribution is 9.10. The lowest BCUT2D eigenvalue weighted by atomic mass is 9.89. The van der Waals surface area contributed by atoms with Crippen molar-refractivity contribution >= 4 is 33.5 Å². The van der Waals surface area contributed by atoms with E-state index in [0.717, 1.165) is 23.0 Å². The lowest BCUT2D eigenvalue weighted by Crippen LogP contribution is -2.34. The third-order valence-corrected chi connectivity index (χ3v) is 4.85. The van der Waals surface area contributed by atoms with Crippen LogP contribution in [0.2, 0.25) is 0 Å². The summed E-state index contributed by atoms with van der Waals surface area (Å²) in [5, 5.41) is 9.30. The van der Waals surface area contributed by atoms with Gasteiger partial charge in [0, 0.05) is 16.6 Å². The van der Waals surface area contributed by atoms with Gasteiger partial charge in [-0.3, -0.25) is 9.59 Å². The number of fused-ring (bicyclic) bond motifs is 2. The van der Waals surface area contributed by atoms with Gasteiger partial charge in [-0.25, -0.2) is 0 Å². The Morgan fingerprint density at radius 1 is 1.35 bits per heavy atom. The van der Waals surface area contributed by atoms with Crippen molar-refractivity contribution < 1.29 is 14.7 Å². The van der Waals surface area contributed by atoms with Crippen LogP contribution in [0.1, 0.15) is 29.6 Å². The van der Waals surface area contributed by atoms with Crippen LogP contribution in [0.5, 0.6) is 0 Å². The maximum absolute atomic E-state index is 11.6. The molecule has 0 spiro atoms. The second kappa shape index (κ2) is 4.77. The molecule has 2 saturated heterocycles. The monoisotopic (exact) mass is 338 g/mol. The van der Waals surface area contributed by atoms with E-state index in [1.807, 2.05) is 12.1 Å². The molecule has 2 aliphatic rings. The number of halogens is 1. The minimum Gasteiger partial charge on any atom is -0.481 e. The molecule has 1 aromatic carbocycles. The van der Waals surface area contributed by atoms with Crippen LogP contribution in [-0.2, 0) is 4.79 Å². The van der Waals surface area contributed by atoms with Crippen molar-refractivity contribution in [3.8, 4) is 0 Å². The Labute approximate surface area is 124 Å². The second-order valence-corrected chi connectivity index (χ2v) is 6.33. The molecule has 2 fully saturated rings. The number of anilines is 1. The van der Waals surface area contributed by atoms with Gasteiger partial charge in [0.25, 0.3) is 5.91 Å². The van der Waals surface area contributed by atoms with E-state index in [2.05, 4.69) is 20.8 Å². The second-order valence-electron chi connectivity index (χ2n) is 5.41. The van der Waals surface area contributed by atoms with Gasteiger partial charge in [-0.15, -0.1) is 0 Å². The Balaban J connectivity index is 2.02. The number of carbonyl (C=O) groups is 2. The Hall–Kier alpha value is -1.56. The van der Waals surface area contributed by atoms with Gasteiger partial charge in [0.2, 0.25) is 0 Å². The maximum Gasteiger partial charge on any atom is 0.308 e. The number of hydrogen-bond acceptors (Lipinski definition) is 3. The Morgan fingerprint density at radius 3 is 2.70 bits per heavy atom. The third kappa shape index (κ3) is 1.98. The highest BCUT2D eigenvalue weighted by Crippen LogP contribution is 2.45. The number of nitrogens with two attached hydrogens (primary N) is 1. The van der Waals surface area contributed by atoms with Crippen molar-refractivity contribution in [1.82, 2.24) is 0 Å². The minimum atomic E-state index is -0.750. The molecule has 2 heterocycles. The summed E-state index contributed by atoms with van der Waals surface area (Å²) >= 11 is 3.33. The number of aliphatic carboxylic acids is 1. The van der Waals surface area contributed by atoms with Crippen molar-refractivity contribution in [2.45, 2.75) is 31.3 Å². The molecule has 2 aliphatic heterocycles. The summed E-state index contributed by atoms with van der Waals surface area (Å²) in [6.45, 7) is 0. The SMILES string of the molecule is NC(=O)c1cc(Br)ccc1N1C2CCC1C(C(=O)O)C2. The Bertz CT molecular complexity index is 590. The number of carboxylic acid groups (broad SMARTS) is 1. The molecule has 1 amide bonds. The van der Waals surface area contributed by atoms with E-state index in [0.29, 0.717) is 12.0 Å². The number of primary amides is 1. The van der Waals surface area contributed by atoms with E-state index in [1.54, 1.807) is 6.07 Å². The van der Waals surface area contributed by atoms with E-state index in [1.165, 1.54) is 0 Å². The number of carbonyl (C=O) groups excluding carboxylic acids is 1. The van der Waals surface area contributed by atoms with Gasteiger partial charge in [0.15, 0.2) is 0 Å². The van der Waals surface area contributed by atoms with Gasteiger partial charge in [0.05, 0.1) is 17.2 Å². The molecule has 6 heteroatoms. The van der Waals surface area contributed by atoms with Crippen LogP contribution in [0, 0.1) is 5.92 Å². The Kier molecular flexibility index (Phi) is 3.20. The van der Waals surface area contributed by atoms with Crippen LogP contribution in [0.3, 0.4) is 0 Å². The van der Waals surface area contributed by atoms with Crippen LogP contribution in [0.15, 0.2) is 22.7 Å². The number of amides is 1. The summed E-state index contributed by atoms with van der Waals surface area (Å²) in [6, 6.07) is 5.57. The zero-order chi connectivity index (χ0) is 14.4. The molecule has 20 heavy (non-hydrogen) atoms. The van der Waals surface area contributed by atoms with Gasteiger partial charge >= 0.3 is 5.97 Å². The zero-order valence-corrected chi connectivity index (χ0v) is 12.3. The van der Waals surface area contributed by atoms with E-state index in [-0.39, 0.29) is 18.0 Å². The molecule has 3 atom stereocenters. The van der Waals surface area contributed by atoms with Gasteiger partial charge in [-0.05, 0) is 37.5 Å². The highest BCUT2D eigenvalue weighted by atomic mass is 79.9. The van der Waals surface area contributed by atoms with Crippen LogP contribution in [0.25, 0.3) is 0 Å². The molecule has 3 N–H and O–H groups in total. The molecule has 3 rings (SSSR count). The van der Waals surface area contributed by atoms with E-state index >= 15 is 0 Å². The summed E-state index contributed by atoms with van der Waals surface area (Å²) in [5.74, 6) is -1.59. The van der Waals surface area contributed by atoms with Crippen molar-refractivity contribution in [3.05, 3.63) is 28.2 Å². The third-order valence-electron chi connectivity index (χ3n) is 4.36. The number of carboxylic acids is 1. The maximum atomic E-state index is 11.6. The standard InChI is InChI=1S/C14H15BrN2O3/c15-7-1-3-11(9(5-7)13(16)18)17-8-2-4-12(17)10(6-8)14(19)20/h1,3,5,8,10,12H,2,4,6H2,(H2,16,18)(H,19,20). The quantitative estimate of drug-likeness (QED) is 0.882. The van der Waals surface area contributed by atoms with Crippen LogP contribution in [-0.4, -0.2) is 29.1 Å². The Morgan fingerprint density at radius 2 is 2.10 bits per heavy atom. The van der Waals surface area contributed by atoms with E-state index in [4.69, 9.17) is 5.73 Å². The average Bonchev–Trinajstić information content (AvgIpc) is 2.96. The number of hydrogen-bond donors (Lipinski definition) is 2. The molecule has 0 aromatic heterocycles. The summed E-state index contributed by atoms with van der Waals surface area (Å²) < 4.78 is 0.788. The molecule has 2 bridgehead atoms.